The van der Waals surface area contributed by atoms with Gasteiger partial charge >= 0.3 is 12.3 Å². The van der Waals surface area contributed by atoms with Crippen LogP contribution in [0.1, 0.15) is 12.5 Å². The maximum Gasteiger partial charge on any atom is 0.573 e. The Morgan fingerprint density at radius 2 is 2.11 bits per heavy atom. The Bertz CT molecular complexity index is 446. The lowest BCUT2D eigenvalue weighted by Gasteiger charge is -2.12. The number of carboxylic acid groups (broad SMARTS) is 1. The van der Waals surface area contributed by atoms with Crippen LogP contribution in [0.4, 0.5) is 13.2 Å². The Morgan fingerprint density at radius 1 is 1.50 bits per heavy atom. The van der Waals surface area contributed by atoms with Gasteiger partial charge in [0.15, 0.2) is 0 Å². The van der Waals surface area contributed by atoms with Crippen LogP contribution in [0.25, 0.3) is 0 Å². The van der Waals surface area contributed by atoms with Crippen molar-refractivity contribution in [3.8, 4) is 5.75 Å². The fourth-order valence-electron chi connectivity index (χ4n) is 1.32. The van der Waals surface area contributed by atoms with Gasteiger partial charge in [0.25, 0.3) is 0 Å². The molecule has 0 aromatic heterocycles. The van der Waals surface area contributed by atoms with Crippen molar-refractivity contribution in [1.29, 1.82) is 0 Å². The minimum atomic E-state index is -4.83. The Labute approximate surface area is 106 Å². The highest BCUT2D eigenvalue weighted by Gasteiger charge is 2.32. The summed E-state index contributed by atoms with van der Waals surface area (Å²) in [5.74, 6) is -2.26. The molecule has 0 heterocycles. The average Bonchev–Trinajstić information content (AvgIpc) is 2.20. The highest BCUT2D eigenvalue weighted by Crippen LogP contribution is 2.31. The lowest BCUT2D eigenvalue weighted by Crippen LogP contribution is -2.18. The van der Waals surface area contributed by atoms with Gasteiger partial charge < -0.3 is 9.84 Å². The Balaban J connectivity index is 2.90. The first kappa shape index (κ1) is 14.6. The quantitative estimate of drug-likeness (QED) is 0.919. The molecule has 1 N–H and O–H groups in total. The van der Waals surface area contributed by atoms with Crippen molar-refractivity contribution < 1.29 is 27.8 Å². The van der Waals surface area contributed by atoms with Gasteiger partial charge in [-0.25, -0.2) is 0 Å². The highest BCUT2D eigenvalue weighted by molar-refractivity contribution is 6.32. The molecule has 1 aromatic rings. The van der Waals surface area contributed by atoms with Gasteiger partial charge in [0.1, 0.15) is 5.75 Å². The van der Waals surface area contributed by atoms with E-state index in [1.807, 2.05) is 0 Å². The third kappa shape index (κ3) is 4.44. The number of aliphatic carboxylic acids is 1. The molecule has 0 saturated carbocycles. The summed E-state index contributed by atoms with van der Waals surface area (Å²) in [5, 5.41) is 8.53. The summed E-state index contributed by atoms with van der Waals surface area (Å²) in [7, 11) is 0. The molecule has 1 unspecified atom stereocenters. The van der Waals surface area contributed by atoms with Gasteiger partial charge in [-0.3, -0.25) is 4.79 Å². The van der Waals surface area contributed by atoms with Crippen molar-refractivity contribution in [3.05, 3.63) is 28.8 Å². The molecule has 0 spiro atoms. The number of carbonyl (C=O) groups is 1. The van der Waals surface area contributed by atoms with Crippen LogP contribution < -0.4 is 4.74 Å². The molecule has 1 aromatic carbocycles. The summed E-state index contributed by atoms with van der Waals surface area (Å²) in [4.78, 5) is 10.6. The Kier molecular flexibility index (Phi) is 4.45. The van der Waals surface area contributed by atoms with E-state index in [9.17, 15) is 18.0 Å². The maximum atomic E-state index is 12.1. The molecule has 1 rings (SSSR count). The minimum Gasteiger partial charge on any atom is -0.481 e. The van der Waals surface area contributed by atoms with Gasteiger partial charge in [0, 0.05) is 0 Å². The van der Waals surface area contributed by atoms with Crippen LogP contribution in [-0.2, 0) is 11.2 Å². The van der Waals surface area contributed by atoms with Crippen molar-refractivity contribution in [1.82, 2.24) is 0 Å². The van der Waals surface area contributed by atoms with Crippen molar-refractivity contribution in [3.63, 3.8) is 0 Å². The Morgan fingerprint density at radius 3 is 2.61 bits per heavy atom. The van der Waals surface area contributed by atoms with Crippen LogP contribution in [0.15, 0.2) is 18.2 Å². The molecule has 100 valence electrons. The predicted octanol–water partition coefficient (Wildman–Crippen LogP) is 3.50. The largest absolute Gasteiger partial charge is 0.573 e. The molecule has 18 heavy (non-hydrogen) atoms. The van der Waals surface area contributed by atoms with Gasteiger partial charge in [-0.2, -0.15) is 0 Å². The summed E-state index contributed by atoms with van der Waals surface area (Å²) in [6.45, 7) is 1.46. The van der Waals surface area contributed by atoms with E-state index in [0.717, 1.165) is 6.07 Å². The second-order valence-electron chi connectivity index (χ2n) is 3.76. The van der Waals surface area contributed by atoms with Gasteiger partial charge in [-0.15, -0.1) is 13.2 Å². The zero-order chi connectivity index (χ0) is 13.9. The molecule has 0 saturated heterocycles. The number of alkyl halides is 3. The number of carboxylic acids is 1. The van der Waals surface area contributed by atoms with Gasteiger partial charge in [-0.1, -0.05) is 24.6 Å². The number of hydrogen-bond donors (Lipinski definition) is 1. The zero-order valence-corrected chi connectivity index (χ0v) is 10.0. The number of halogens is 4. The molecule has 3 nitrogen and oxygen atoms in total. The van der Waals surface area contributed by atoms with Crippen LogP contribution in [0.5, 0.6) is 5.75 Å². The first-order valence-electron chi connectivity index (χ1n) is 4.96. The molecular formula is C11H10ClF3O3. The summed E-state index contributed by atoms with van der Waals surface area (Å²) >= 11 is 5.56. The number of hydrogen-bond acceptors (Lipinski definition) is 2. The number of benzene rings is 1. The molecule has 0 bridgehead atoms. The second kappa shape index (κ2) is 5.48. The SMILES string of the molecule is CC(Cc1ccc(Cl)c(OC(F)(F)F)c1)C(=O)O. The zero-order valence-electron chi connectivity index (χ0n) is 9.29. The van der Waals surface area contributed by atoms with E-state index >= 15 is 0 Å². The minimum absolute atomic E-state index is 0.0979. The topological polar surface area (TPSA) is 46.5 Å². The van der Waals surface area contributed by atoms with E-state index in [2.05, 4.69) is 4.74 Å². The molecular weight excluding hydrogens is 273 g/mol. The van der Waals surface area contributed by atoms with E-state index in [0.29, 0.717) is 5.56 Å². The predicted molar refractivity (Wildman–Crippen MR) is 58.6 cm³/mol. The summed E-state index contributed by atoms with van der Waals surface area (Å²) in [6.07, 6.45) is -4.73. The second-order valence-corrected chi connectivity index (χ2v) is 4.16. The van der Waals surface area contributed by atoms with Crippen LogP contribution in [0, 0.1) is 5.92 Å². The average molecular weight is 283 g/mol. The molecule has 0 aliphatic carbocycles. The van der Waals surface area contributed by atoms with Crippen LogP contribution in [-0.4, -0.2) is 17.4 Å². The van der Waals surface area contributed by atoms with E-state index < -0.39 is 24.0 Å². The van der Waals surface area contributed by atoms with E-state index in [-0.39, 0.29) is 11.4 Å². The van der Waals surface area contributed by atoms with E-state index in [1.54, 1.807) is 0 Å². The third-order valence-electron chi connectivity index (χ3n) is 2.18. The first-order valence-corrected chi connectivity index (χ1v) is 5.34. The molecule has 1 atom stereocenters. The Hall–Kier alpha value is -1.43. The van der Waals surface area contributed by atoms with Crippen molar-refractivity contribution in [2.75, 3.05) is 0 Å². The van der Waals surface area contributed by atoms with Crippen molar-refractivity contribution >= 4 is 17.6 Å². The number of rotatable bonds is 4. The summed E-state index contributed by atoms with van der Waals surface area (Å²) < 4.78 is 39.9. The normalized spacial score (nSPS) is 13.2. The molecule has 0 aliphatic rings. The fraction of sp³-hybridized carbons (Fsp3) is 0.364. The van der Waals surface area contributed by atoms with Gasteiger partial charge in [-0.05, 0) is 24.1 Å². The molecule has 0 radical (unpaired) electrons. The van der Waals surface area contributed by atoms with Crippen molar-refractivity contribution in [2.24, 2.45) is 5.92 Å². The molecule has 0 amide bonds. The summed E-state index contributed by atoms with van der Waals surface area (Å²) in [5.41, 5.74) is 0.411. The monoisotopic (exact) mass is 282 g/mol. The van der Waals surface area contributed by atoms with Crippen LogP contribution in [0.2, 0.25) is 5.02 Å². The van der Waals surface area contributed by atoms with Gasteiger partial charge in [0.2, 0.25) is 0 Å². The lowest BCUT2D eigenvalue weighted by molar-refractivity contribution is -0.274. The standard InChI is InChI=1S/C11H10ClF3O3/c1-6(10(16)17)4-7-2-3-8(12)9(5-7)18-11(13,14)15/h2-3,5-6H,4H2,1H3,(H,16,17). The first-order chi connectivity index (χ1) is 8.19. The smallest absolute Gasteiger partial charge is 0.481 e. The molecule has 0 aliphatic heterocycles. The van der Waals surface area contributed by atoms with E-state index in [1.165, 1.54) is 19.1 Å². The fourth-order valence-corrected chi connectivity index (χ4v) is 1.47. The highest BCUT2D eigenvalue weighted by atomic mass is 35.5. The maximum absolute atomic E-state index is 12.1. The van der Waals surface area contributed by atoms with Crippen molar-refractivity contribution in [2.45, 2.75) is 19.7 Å². The van der Waals surface area contributed by atoms with Crippen LogP contribution in [0.3, 0.4) is 0 Å². The third-order valence-corrected chi connectivity index (χ3v) is 2.50. The summed E-state index contributed by atoms with van der Waals surface area (Å²) in [6, 6.07) is 3.80. The van der Waals surface area contributed by atoms with E-state index in [4.69, 9.17) is 16.7 Å². The number of ether oxygens (including phenoxy) is 1. The molecule has 7 heteroatoms. The molecule has 0 fully saturated rings. The van der Waals surface area contributed by atoms with Gasteiger partial charge in [0.05, 0.1) is 10.9 Å². The lowest BCUT2D eigenvalue weighted by atomic mass is 10.0. The van der Waals surface area contributed by atoms with Crippen LogP contribution >= 0.6 is 11.6 Å².